The SMILES string of the molecule is CCN(CC)S(=O)(=O)c1ccc(C)c(C(=O)NCCc2cc(C)ccc2OC)c1. The topological polar surface area (TPSA) is 75.7 Å². The Morgan fingerprint density at radius 3 is 2.38 bits per heavy atom. The van der Waals surface area contributed by atoms with Crippen molar-refractivity contribution in [2.24, 2.45) is 0 Å². The molecule has 1 N–H and O–H groups in total. The predicted molar refractivity (Wildman–Crippen MR) is 115 cm³/mol. The smallest absolute Gasteiger partial charge is 0.251 e. The number of methoxy groups -OCH3 is 1. The lowest BCUT2D eigenvalue weighted by Crippen LogP contribution is -2.31. The van der Waals surface area contributed by atoms with Gasteiger partial charge in [-0.15, -0.1) is 0 Å². The van der Waals surface area contributed by atoms with E-state index in [1.807, 2.05) is 25.1 Å². The highest BCUT2D eigenvalue weighted by atomic mass is 32.2. The average molecular weight is 419 g/mol. The molecule has 0 spiro atoms. The van der Waals surface area contributed by atoms with Gasteiger partial charge in [-0.3, -0.25) is 4.79 Å². The quantitative estimate of drug-likeness (QED) is 0.678. The van der Waals surface area contributed by atoms with Gasteiger partial charge in [0.25, 0.3) is 5.91 Å². The molecule has 0 saturated heterocycles. The van der Waals surface area contributed by atoms with Crippen molar-refractivity contribution >= 4 is 15.9 Å². The summed E-state index contributed by atoms with van der Waals surface area (Å²) in [5.41, 5.74) is 3.24. The van der Waals surface area contributed by atoms with E-state index in [0.717, 1.165) is 22.4 Å². The van der Waals surface area contributed by atoms with Crippen LogP contribution in [0.15, 0.2) is 41.3 Å². The Morgan fingerprint density at radius 1 is 1.07 bits per heavy atom. The van der Waals surface area contributed by atoms with Gasteiger partial charge in [-0.25, -0.2) is 8.42 Å². The average Bonchev–Trinajstić information content (AvgIpc) is 2.69. The van der Waals surface area contributed by atoms with Gasteiger partial charge in [0.2, 0.25) is 10.0 Å². The predicted octanol–water partition coefficient (Wildman–Crippen LogP) is 3.32. The first kappa shape index (κ1) is 22.9. The number of rotatable bonds is 9. The highest BCUT2D eigenvalue weighted by molar-refractivity contribution is 7.89. The molecule has 0 fully saturated rings. The van der Waals surface area contributed by atoms with Crippen LogP contribution in [0.5, 0.6) is 5.75 Å². The third-order valence-electron chi connectivity index (χ3n) is 4.91. The number of hydrogen-bond donors (Lipinski definition) is 1. The maximum atomic E-state index is 12.8. The van der Waals surface area contributed by atoms with Crippen LogP contribution in [-0.4, -0.2) is 45.4 Å². The second-order valence-corrected chi connectivity index (χ2v) is 8.83. The third-order valence-corrected chi connectivity index (χ3v) is 6.96. The summed E-state index contributed by atoms with van der Waals surface area (Å²) in [6.45, 7) is 8.58. The minimum absolute atomic E-state index is 0.136. The number of sulfonamides is 1. The molecule has 0 unspecified atom stereocenters. The van der Waals surface area contributed by atoms with Crippen molar-refractivity contribution < 1.29 is 17.9 Å². The molecule has 2 aromatic rings. The van der Waals surface area contributed by atoms with Gasteiger partial charge in [-0.05, 0) is 49.6 Å². The molecule has 2 aromatic carbocycles. The van der Waals surface area contributed by atoms with Gasteiger partial charge in [0.15, 0.2) is 0 Å². The Labute approximate surface area is 173 Å². The summed E-state index contributed by atoms with van der Waals surface area (Å²) in [6, 6.07) is 10.6. The molecule has 0 heterocycles. The minimum atomic E-state index is -3.61. The van der Waals surface area contributed by atoms with E-state index in [0.29, 0.717) is 31.6 Å². The molecule has 29 heavy (non-hydrogen) atoms. The molecule has 0 aliphatic rings. The van der Waals surface area contributed by atoms with E-state index in [1.165, 1.54) is 10.4 Å². The molecular weight excluding hydrogens is 388 g/mol. The first-order valence-electron chi connectivity index (χ1n) is 9.77. The van der Waals surface area contributed by atoms with E-state index in [-0.39, 0.29) is 10.8 Å². The minimum Gasteiger partial charge on any atom is -0.496 e. The summed E-state index contributed by atoms with van der Waals surface area (Å²) < 4.78 is 32.3. The van der Waals surface area contributed by atoms with Crippen molar-refractivity contribution in [2.45, 2.75) is 39.0 Å². The first-order valence-corrected chi connectivity index (χ1v) is 11.2. The van der Waals surface area contributed by atoms with Crippen LogP contribution in [0.25, 0.3) is 0 Å². The number of hydrogen-bond acceptors (Lipinski definition) is 4. The fraction of sp³-hybridized carbons (Fsp3) is 0.409. The molecule has 0 aliphatic heterocycles. The Balaban J connectivity index is 2.16. The Bertz CT molecular complexity index is 967. The zero-order valence-electron chi connectivity index (χ0n) is 17.8. The summed E-state index contributed by atoms with van der Waals surface area (Å²) in [4.78, 5) is 12.9. The largest absolute Gasteiger partial charge is 0.496 e. The van der Waals surface area contributed by atoms with Crippen LogP contribution in [-0.2, 0) is 16.4 Å². The van der Waals surface area contributed by atoms with E-state index >= 15 is 0 Å². The van der Waals surface area contributed by atoms with Gasteiger partial charge in [-0.2, -0.15) is 4.31 Å². The molecule has 1 amide bonds. The number of nitrogens with zero attached hydrogens (tertiary/aromatic N) is 1. The Kier molecular flexibility index (Phi) is 7.81. The van der Waals surface area contributed by atoms with Crippen molar-refractivity contribution in [2.75, 3.05) is 26.7 Å². The molecule has 7 heteroatoms. The van der Waals surface area contributed by atoms with Gasteiger partial charge >= 0.3 is 0 Å². The van der Waals surface area contributed by atoms with E-state index < -0.39 is 10.0 Å². The number of carbonyl (C=O) groups is 1. The summed E-state index contributed by atoms with van der Waals surface area (Å²) in [5, 5.41) is 2.89. The lowest BCUT2D eigenvalue weighted by Gasteiger charge is -2.19. The van der Waals surface area contributed by atoms with Crippen LogP contribution in [0, 0.1) is 13.8 Å². The lowest BCUT2D eigenvalue weighted by molar-refractivity contribution is 0.0953. The number of aryl methyl sites for hydroxylation is 2. The van der Waals surface area contributed by atoms with Crippen molar-refractivity contribution in [1.82, 2.24) is 9.62 Å². The third kappa shape index (κ3) is 5.36. The second-order valence-electron chi connectivity index (χ2n) is 6.89. The maximum Gasteiger partial charge on any atom is 0.251 e. The number of ether oxygens (including phenoxy) is 1. The molecule has 6 nitrogen and oxygen atoms in total. The zero-order valence-corrected chi connectivity index (χ0v) is 18.6. The van der Waals surface area contributed by atoms with Crippen LogP contribution < -0.4 is 10.1 Å². The summed E-state index contributed by atoms with van der Waals surface area (Å²) in [6.07, 6.45) is 0.618. The summed E-state index contributed by atoms with van der Waals surface area (Å²) in [7, 11) is -1.99. The molecule has 0 bridgehead atoms. The number of amides is 1. The lowest BCUT2D eigenvalue weighted by atomic mass is 10.1. The molecule has 0 aromatic heterocycles. The van der Waals surface area contributed by atoms with E-state index in [9.17, 15) is 13.2 Å². The van der Waals surface area contributed by atoms with Crippen LogP contribution >= 0.6 is 0 Å². The number of carbonyl (C=O) groups excluding carboxylic acids is 1. The number of nitrogens with one attached hydrogen (secondary N) is 1. The van der Waals surface area contributed by atoms with Crippen molar-refractivity contribution in [3.8, 4) is 5.75 Å². The molecular formula is C22H30N2O4S. The van der Waals surface area contributed by atoms with Crippen LogP contribution in [0.4, 0.5) is 0 Å². The molecule has 158 valence electrons. The normalized spacial score (nSPS) is 11.5. The monoisotopic (exact) mass is 418 g/mol. The van der Waals surface area contributed by atoms with Crippen LogP contribution in [0.1, 0.15) is 40.9 Å². The molecule has 0 radical (unpaired) electrons. The van der Waals surface area contributed by atoms with Gasteiger partial charge in [0.1, 0.15) is 5.75 Å². The fourth-order valence-corrected chi connectivity index (χ4v) is 4.71. The van der Waals surface area contributed by atoms with Crippen molar-refractivity contribution in [1.29, 1.82) is 0 Å². The summed E-state index contributed by atoms with van der Waals surface area (Å²) >= 11 is 0. The van der Waals surface area contributed by atoms with Gasteiger partial charge in [-0.1, -0.05) is 37.6 Å². The standard InChI is InChI=1S/C22H30N2O4S/c1-6-24(7-2)29(26,27)19-10-9-17(4)20(15-19)22(25)23-13-12-18-14-16(3)8-11-21(18)28-5/h8-11,14-15H,6-7,12-13H2,1-5H3,(H,23,25). The fourth-order valence-electron chi connectivity index (χ4n) is 3.23. The molecule has 2 rings (SSSR count). The summed E-state index contributed by atoms with van der Waals surface area (Å²) in [5.74, 6) is 0.499. The van der Waals surface area contributed by atoms with Crippen molar-refractivity contribution in [3.05, 3.63) is 58.7 Å². The highest BCUT2D eigenvalue weighted by Crippen LogP contribution is 2.21. The van der Waals surface area contributed by atoms with E-state index in [2.05, 4.69) is 5.32 Å². The maximum absolute atomic E-state index is 12.8. The highest BCUT2D eigenvalue weighted by Gasteiger charge is 2.23. The molecule has 0 saturated carbocycles. The molecule has 0 aliphatic carbocycles. The number of benzene rings is 2. The van der Waals surface area contributed by atoms with E-state index in [1.54, 1.807) is 40.0 Å². The van der Waals surface area contributed by atoms with Crippen molar-refractivity contribution in [3.63, 3.8) is 0 Å². The van der Waals surface area contributed by atoms with Gasteiger partial charge in [0.05, 0.1) is 12.0 Å². The Hall–Kier alpha value is -2.38. The van der Waals surface area contributed by atoms with E-state index in [4.69, 9.17) is 4.74 Å². The van der Waals surface area contributed by atoms with Crippen LogP contribution in [0.3, 0.4) is 0 Å². The Morgan fingerprint density at radius 2 is 1.76 bits per heavy atom. The second kappa shape index (κ2) is 9.89. The van der Waals surface area contributed by atoms with Gasteiger partial charge < -0.3 is 10.1 Å². The van der Waals surface area contributed by atoms with Gasteiger partial charge in [0, 0.05) is 25.2 Å². The van der Waals surface area contributed by atoms with Crippen LogP contribution in [0.2, 0.25) is 0 Å². The molecule has 0 atom stereocenters. The first-order chi connectivity index (χ1) is 13.7. The zero-order chi connectivity index (χ0) is 21.6.